The molecule has 1 aromatic rings. The molecule has 0 amide bonds. The van der Waals surface area contributed by atoms with Crippen molar-refractivity contribution in [2.24, 2.45) is 17.7 Å². The minimum absolute atomic E-state index is 0.0991. The molecule has 0 radical (unpaired) electrons. The molecular weight excluding hydrogens is 294 g/mol. The molecule has 0 aromatic heterocycles. The highest BCUT2D eigenvalue weighted by Gasteiger charge is 2.24. The Hall–Kier alpha value is -1.59. The van der Waals surface area contributed by atoms with Gasteiger partial charge in [0.05, 0.1) is 12.5 Å². The number of phenols is 1. The molecule has 1 atom stereocenters. The van der Waals surface area contributed by atoms with Gasteiger partial charge in [-0.3, -0.25) is 4.79 Å². The summed E-state index contributed by atoms with van der Waals surface area (Å²) in [4.78, 5) is 17.0. The van der Waals surface area contributed by atoms with Crippen LogP contribution in [0.3, 0.4) is 0 Å². The first-order valence-electron chi connectivity index (χ1n) is 8.16. The third kappa shape index (κ3) is 7.01. The van der Waals surface area contributed by atoms with E-state index in [0.717, 1.165) is 5.56 Å². The van der Waals surface area contributed by atoms with E-state index < -0.39 is 0 Å². The highest BCUT2D eigenvalue weighted by atomic mass is 16.6. The van der Waals surface area contributed by atoms with Gasteiger partial charge in [0.2, 0.25) is 0 Å². The van der Waals surface area contributed by atoms with Gasteiger partial charge in [-0.15, -0.1) is 0 Å². The van der Waals surface area contributed by atoms with Crippen molar-refractivity contribution in [2.75, 3.05) is 0 Å². The number of esters is 1. The topological polar surface area (TPSA) is 81.8 Å². The maximum absolute atomic E-state index is 12.1. The van der Waals surface area contributed by atoms with Gasteiger partial charge in [-0.25, -0.2) is 5.90 Å². The number of rotatable bonds is 9. The van der Waals surface area contributed by atoms with Crippen LogP contribution in [0, 0.1) is 11.8 Å². The average molecular weight is 323 g/mol. The number of phenolic OH excluding ortho intramolecular Hbond substituents is 1. The van der Waals surface area contributed by atoms with Crippen molar-refractivity contribution in [1.82, 2.24) is 0 Å². The summed E-state index contributed by atoms with van der Waals surface area (Å²) in [6.07, 6.45) is 0.997. The second kappa shape index (κ2) is 9.53. The third-order valence-corrected chi connectivity index (χ3v) is 3.86. The van der Waals surface area contributed by atoms with Gasteiger partial charge in [-0.1, -0.05) is 39.8 Å². The summed E-state index contributed by atoms with van der Waals surface area (Å²) in [5.41, 5.74) is 1.06. The summed E-state index contributed by atoms with van der Waals surface area (Å²) in [6, 6.07) is 6.96. The zero-order chi connectivity index (χ0) is 17.4. The average Bonchev–Trinajstić information content (AvgIpc) is 2.50. The van der Waals surface area contributed by atoms with Crippen LogP contribution in [0.1, 0.15) is 46.1 Å². The molecule has 0 spiro atoms. The maximum Gasteiger partial charge on any atom is 0.308 e. The SMILES string of the molecule is CC(C)C(OC(=O)CC(CCc1ccc(O)cc1)ON)C(C)C. The van der Waals surface area contributed by atoms with Gasteiger partial charge < -0.3 is 14.7 Å². The Balaban J connectivity index is 2.48. The molecule has 1 rings (SSSR count). The molecule has 5 nitrogen and oxygen atoms in total. The zero-order valence-corrected chi connectivity index (χ0v) is 14.5. The highest BCUT2D eigenvalue weighted by Crippen LogP contribution is 2.18. The summed E-state index contributed by atoms with van der Waals surface area (Å²) in [5.74, 6) is 5.81. The van der Waals surface area contributed by atoms with Crippen LogP contribution in [-0.4, -0.2) is 23.3 Å². The van der Waals surface area contributed by atoms with Gasteiger partial charge in [-0.05, 0) is 42.4 Å². The number of carbonyl (C=O) groups excluding carboxylic acids is 1. The Morgan fingerprint density at radius 3 is 2.17 bits per heavy atom. The largest absolute Gasteiger partial charge is 0.508 e. The molecule has 23 heavy (non-hydrogen) atoms. The van der Waals surface area contributed by atoms with Crippen molar-refractivity contribution >= 4 is 5.97 Å². The van der Waals surface area contributed by atoms with Gasteiger partial charge >= 0.3 is 5.97 Å². The van der Waals surface area contributed by atoms with E-state index in [1.807, 2.05) is 39.8 Å². The van der Waals surface area contributed by atoms with E-state index >= 15 is 0 Å². The standard InChI is InChI=1S/C18H29NO4/c1-12(2)18(13(3)4)22-17(21)11-16(23-19)10-7-14-5-8-15(20)9-6-14/h5-6,8-9,12-13,16,18,20H,7,10-11,19H2,1-4H3. The van der Waals surface area contributed by atoms with Crippen molar-refractivity contribution in [2.45, 2.75) is 59.2 Å². The molecule has 0 saturated carbocycles. The van der Waals surface area contributed by atoms with Gasteiger partial charge in [0, 0.05) is 0 Å². The lowest BCUT2D eigenvalue weighted by Gasteiger charge is -2.25. The maximum atomic E-state index is 12.1. The summed E-state index contributed by atoms with van der Waals surface area (Å²) < 4.78 is 5.57. The molecule has 1 unspecified atom stereocenters. The van der Waals surface area contributed by atoms with E-state index in [1.165, 1.54) is 0 Å². The molecule has 5 heteroatoms. The van der Waals surface area contributed by atoms with E-state index in [0.29, 0.717) is 12.8 Å². The van der Waals surface area contributed by atoms with Crippen LogP contribution in [0.2, 0.25) is 0 Å². The second-order valence-corrected chi connectivity index (χ2v) is 6.61. The minimum atomic E-state index is -0.378. The molecule has 0 aliphatic carbocycles. The fraction of sp³-hybridized carbons (Fsp3) is 0.611. The van der Waals surface area contributed by atoms with Crippen LogP contribution in [-0.2, 0) is 20.8 Å². The quantitative estimate of drug-likeness (QED) is 0.539. The monoisotopic (exact) mass is 323 g/mol. The lowest BCUT2D eigenvalue weighted by molar-refractivity contribution is -0.157. The first kappa shape index (κ1) is 19.5. The third-order valence-electron chi connectivity index (χ3n) is 3.86. The van der Waals surface area contributed by atoms with Crippen LogP contribution in [0.4, 0.5) is 0 Å². The number of nitrogens with two attached hydrogens (primary N) is 1. The second-order valence-electron chi connectivity index (χ2n) is 6.61. The molecule has 0 bridgehead atoms. The fourth-order valence-corrected chi connectivity index (χ4v) is 2.64. The van der Waals surface area contributed by atoms with Crippen molar-refractivity contribution in [1.29, 1.82) is 0 Å². The van der Waals surface area contributed by atoms with Crippen LogP contribution in [0.25, 0.3) is 0 Å². The Labute approximate surface area is 138 Å². The van der Waals surface area contributed by atoms with Gasteiger partial charge in [-0.2, -0.15) is 0 Å². The Morgan fingerprint density at radius 2 is 1.70 bits per heavy atom. The number of aryl methyl sites for hydroxylation is 1. The lowest BCUT2D eigenvalue weighted by atomic mass is 9.96. The molecule has 3 N–H and O–H groups in total. The van der Waals surface area contributed by atoms with Gasteiger partial charge in [0.25, 0.3) is 0 Å². The van der Waals surface area contributed by atoms with Gasteiger partial charge in [0.15, 0.2) is 0 Å². The molecule has 0 fully saturated rings. The van der Waals surface area contributed by atoms with E-state index in [1.54, 1.807) is 12.1 Å². The minimum Gasteiger partial charge on any atom is -0.508 e. The first-order chi connectivity index (χ1) is 10.8. The summed E-state index contributed by atoms with van der Waals surface area (Å²) in [5, 5.41) is 9.27. The van der Waals surface area contributed by atoms with E-state index in [4.69, 9.17) is 15.5 Å². The number of benzene rings is 1. The molecule has 0 saturated heterocycles. The van der Waals surface area contributed by atoms with Crippen LogP contribution in [0.5, 0.6) is 5.75 Å². The Morgan fingerprint density at radius 1 is 1.13 bits per heavy atom. The molecule has 0 heterocycles. The van der Waals surface area contributed by atoms with Gasteiger partial charge in [0.1, 0.15) is 11.9 Å². The normalized spacial score (nSPS) is 12.9. The fourth-order valence-electron chi connectivity index (χ4n) is 2.64. The van der Waals surface area contributed by atoms with Crippen LogP contribution >= 0.6 is 0 Å². The Bertz CT molecular complexity index is 462. The van der Waals surface area contributed by atoms with Crippen LogP contribution in [0.15, 0.2) is 24.3 Å². The van der Waals surface area contributed by atoms with Crippen molar-refractivity contribution in [3.8, 4) is 5.75 Å². The predicted octanol–water partition coefficient (Wildman–Crippen LogP) is 3.20. The van der Waals surface area contributed by atoms with E-state index in [-0.39, 0.29) is 42.2 Å². The first-order valence-corrected chi connectivity index (χ1v) is 8.16. The smallest absolute Gasteiger partial charge is 0.308 e. The molecule has 0 aliphatic heterocycles. The number of carbonyl (C=O) groups is 1. The molecule has 1 aromatic carbocycles. The molecule has 0 aliphatic rings. The van der Waals surface area contributed by atoms with Crippen molar-refractivity contribution in [3.63, 3.8) is 0 Å². The zero-order valence-electron chi connectivity index (χ0n) is 14.5. The van der Waals surface area contributed by atoms with E-state index in [9.17, 15) is 9.90 Å². The number of aromatic hydroxyl groups is 1. The summed E-state index contributed by atoms with van der Waals surface area (Å²) in [7, 11) is 0. The predicted molar refractivity (Wildman–Crippen MR) is 89.7 cm³/mol. The van der Waals surface area contributed by atoms with Crippen molar-refractivity contribution < 1.29 is 19.5 Å². The Kier molecular flexibility index (Phi) is 8.06. The number of hydrogen-bond donors (Lipinski definition) is 2. The van der Waals surface area contributed by atoms with Crippen molar-refractivity contribution in [3.05, 3.63) is 29.8 Å². The summed E-state index contributed by atoms with van der Waals surface area (Å²) in [6.45, 7) is 8.17. The lowest BCUT2D eigenvalue weighted by Crippen LogP contribution is -2.31. The summed E-state index contributed by atoms with van der Waals surface area (Å²) >= 11 is 0. The van der Waals surface area contributed by atoms with Crippen LogP contribution < -0.4 is 5.90 Å². The number of hydrogen-bond acceptors (Lipinski definition) is 5. The molecule has 130 valence electrons. The highest BCUT2D eigenvalue weighted by molar-refractivity contribution is 5.70. The molecular formula is C18H29NO4. The number of ether oxygens (including phenoxy) is 1. The van der Waals surface area contributed by atoms with E-state index in [2.05, 4.69) is 0 Å².